The van der Waals surface area contributed by atoms with Crippen molar-refractivity contribution in [3.05, 3.63) is 68.4 Å². The van der Waals surface area contributed by atoms with Crippen LogP contribution in [0.2, 0.25) is 10.0 Å². The molecule has 0 aliphatic heterocycles. The van der Waals surface area contributed by atoms with E-state index in [1.165, 1.54) is 16.7 Å². The number of pyridine rings is 1. The number of carbonyl (C=O) groups is 1. The van der Waals surface area contributed by atoms with Gasteiger partial charge in [-0.05, 0) is 36.8 Å². The number of aromatic hydroxyl groups is 1. The zero-order valence-electron chi connectivity index (χ0n) is 13.9. The molecule has 2 aromatic carbocycles. The molecule has 0 fully saturated rings. The van der Waals surface area contributed by atoms with Crippen molar-refractivity contribution in [3.63, 3.8) is 0 Å². The predicted molar refractivity (Wildman–Crippen MR) is 105 cm³/mol. The second kappa shape index (κ2) is 7.40. The second-order valence-electron chi connectivity index (χ2n) is 5.78. The smallest absolute Gasteiger partial charge is 0.267 e. The topological polar surface area (TPSA) is 71.3 Å². The van der Waals surface area contributed by atoms with Crippen molar-refractivity contribution >= 4 is 45.7 Å². The normalized spacial score (nSPS) is 10.9. The molecule has 1 heterocycles. The van der Waals surface area contributed by atoms with Crippen LogP contribution in [0.3, 0.4) is 0 Å². The highest BCUT2D eigenvalue weighted by molar-refractivity contribution is 6.36. The molecule has 26 heavy (non-hydrogen) atoms. The van der Waals surface area contributed by atoms with Crippen LogP contribution in [0.4, 0.5) is 5.69 Å². The lowest BCUT2D eigenvalue weighted by molar-refractivity contribution is 0.102. The van der Waals surface area contributed by atoms with E-state index in [1.807, 2.05) is 6.92 Å². The number of halogens is 2. The summed E-state index contributed by atoms with van der Waals surface area (Å²) in [6.45, 7) is 2.36. The number of anilines is 1. The monoisotopic (exact) mass is 390 g/mol. The van der Waals surface area contributed by atoms with Crippen molar-refractivity contribution in [1.82, 2.24) is 4.57 Å². The Morgan fingerprint density at radius 2 is 1.92 bits per heavy atom. The molecular formula is C19H16Cl2N2O3. The Hall–Kier alpha value is -2.50. The first-order chi connectivity index (χ1) is 12.4. The predicted octanol–water partition coefficient (Wildman–Crippen LogP) is 4.68. The number of aromatic nitrogens is 1. The number of fused-ring (bicyclic) bond motifs is 1. The summed E-state index contributed by atoms with van der Waals surface area (Å²) < 4.78 is 1.49. The van der Waals surface area contributed by atoms with Crippen molar-refractivity contribution in [3.8, 4) is 5.75 Å². The van der Waals surface area contributed by atoms with Gasteiger partial charge in [0.25, 0.3) is 11.5 Å². The van der Waals surface area contributed by atoms with Crippen LogP contribution in [-0.4, -0.2) is 15.6 Å². The summed E-state index contributed by atoms with van der Waals surface area (Å²) in [4.78, 5) is 25.6. The molecule has 0 aliphatic rings. The van der Waals surface area contributed by atoms with E-state index in [2.05, 4.69) is 5.32 Å². The number of nitrogens with zero attached hydrogens (tertiary/aromatic N) is 1. The van der Waals surface area contributed by atoms with Crippen molar-refractivity contribution < 1.29 is 9.90 Å². The molecule has 5 nitrogen and oxygen atoms in total. The first-order valence-electron chi connectivity index (χ1n) is 8.05. The van der Waals surface area contributed by atoms with Gasteiger partial charge in [0.1, 0.15) is 11.3 Å². The molecule has 0 saturated heterocycles. The maximum Gasteiger partial charge on any atom is 0.267 e. The summed E-state index contributed by atoms with van der Waals surface area (Å²) in [5.74, 6) is -1.08. The lowest BCUT2D eigenvalue weighted by Gasteiger charge is -2.14. The van der Waals surface area contributed by atoms with Crippen LogP contribution in [0.25, 0.3) is 10.9 Å². The highest BCUT2D eigenvalue weighted by atomic mass is 35.5. The van der Waals surface area contributed by atoms with Crippen LogP contribution in [-0.2, 0) is 6.54 Å². The lowest BCUT2D eigenvalue weighted by Crippen LogP contribution is -2.29. The molecule has 3 rings (SSSR count). The fourth-order valence-electron chi connectivity index (χ4n) is 2.82. The fraction of sp³-hybridized carbons (Fsp3) is 0.158. The summed E-state index contributed by atoms with van der Waals surface area (Å²) in [6.07, 6.45) is 0.707. The largest absolute Gasteiger partial charge is 0.506 e. The summed E-state index contributed by atoms with van der Waals surface area (Å²) in [5, 5.41) is 14.2. The Kier molecular flexibility index (Phi) is 5.20. The first kappa shape index (κ1) is 18.3. The van der Waals surface area contributed by atoms with Crippen LogP contribution < -0.4 is 10.9 Å². The van der Waals surface area contributed by atoms with E-state index in [1.54, 1.807) is 30.3 Å². The van der Waals surface area contributed by atoms with Crippen molar-refractivity contribution in [2.45, 2.75) is 19.9 Å². The Morgan fingerprint density at radius 1 is 1.19 bits per heavy atom. The van der Waals surface area contributed by atoms with Gasteiger partial charge in [-0.2, -0.15) is 0 Å². The van der Waals surface area contributed by atoms with E-state index in [-0.39, 0.29) is 16.3 Å². The standard InChI is InChI=1S/C19H16Cl2N2O3/c1-2-9-23-15-6-4-3-5-12(15)17(24)16(19(23)26)18(25)22-14-8-7-11(20)10-13(14)21/h3-8,10,24H,2,9H2,1H3,(H,22,25). The Morgan fingerprint density at radius 3 is 2.62 bits per heavy atom. The van der Waals surface area contributed by atoms with Gasteiger partial charge in [0.05, 0.1) is 16.2 Å². The Balaban J connectivity index is 2.14. The quantitative estimate of drug-likeness (QED) is 0.679. The summed E-state index contributed by atoms with van der Waals surface area (Å²) in [5.41, 5.74) is 0.0156. The average Bonchev–Trinajstić information content (AvgIpc) is 2.61. The number of aryl methyl sites for hydroxylation is 1. The molecule has 3 aromatic rings. The zero-order valence-corrected chi connectivity index (χ0v) is 15.4. The van der Waals surface area contributed by atoms with Gasteiger partial charge in [0.2, 0.25) is 0 Å². The van der Waals surface area contributed by atoms with Gasteiger partial charge in [-0.25, -0.2) is 0 Å². The Labute approximate surface area is 159 Å². The number of hydrogen-bond acceptors (Lipinski definition) is 3. The molecular weight excluding hydrogens is 375 g/mol. The van der Waals surface area contributed by atoms with Crippen LogP contribution in [0, 0.1) is 0 Å². The van der Waals surface area contributed by atoms with Crippen molar-refractivity contribution in [2.24, 2.45) is 0 Å². The number of amides is 1. The third kappa shape index (κ3) is 3.28. The summed E-state index contributed by atoms with van der Waals surface area (Å²) in [7, 11) is 0. The SMILES string of the molecule is CCCn1c(=O)c(C(=O)Nc2ccc(Cl)cc2Cl)c(O)c2ccccc21. The Bertz CT molecular complexity index is 1060. The first-order valence-corrected chi connectivity index (χ1v) is 8.80. The maximum atomic E-state index is 12.9. The van der Waals surface area contributed by atoms with Gasteiger partial charge < -0.3 is 15.0 Å². The van der Waals surface area contributed by atoms with Crippen molar-refractivity contribution in [1.29, 1.82) is 0 Å². The molecule has 0 atom stereocenters. The van der Waals surface area contributed by atoms with Crippen LogP contribution in [0.5, 0.6) is 5.75 Å². The highest BCUT2D eigenvalue weighted by Gasteiger charge is 2.22. The number of para-hydroxylation sites is 1. The number of rotatable bonds is 4. The molecule has 0 unspecified atom stereocenters. The molecule has 0 saturated carbocycles. The molecule has 0 aliphatic carbocycles. The van der Waals surface area contributed by atoms with E-state index in [0.29, 0.717) is 34.6 Å². The number of hydrogen-bond donors (Lipinski definition) is 2. The van der Waals surface area contributed by atoms with Crippen LogP contribution in [0.15, 0.2) is 47.3 Å². The zero-order chi connectivity index (χ0) is 18.8. The van der Waals surface area contributed by atoms with Gasteiger partial charge in [-0.3, -0.25) is 9.59 Å². The van der Waals surface area contributed by atoms with Gasteiger partial charge >= 0.3 is 0 Å². The highest BCUT2D eigenvalue weighted by Crippen LogP contribution is 2.29. The van der Waals surface area contributed by atoms with Crippen LogP contribution in [0.1, 0.15) is 23.7 Å². The minimum atomic E-state index is -0.729. The molecule has 134 valence electrons. The molecule has 2 N–H and O–H groups in total. The van der Waals surface area contributed by atoms with Gasteiger partial charge in [-0.15, -0.1) is 0 Å². The van der Waals surface area contributed by atoms with Gasteiger partial charge in [0, 0.05) is 17.0 Å². The van der Waals surface area contributed by atoms with Crippen molar-refractivity contribution in [2.75, 3.05) is 5.32 Å². The number of nitrogens with one attached hydrogen (secondary N) is 1. The average molecular weight is 391 g/mol. The minimum Gasteiger partial charge on any atom is -0.506 e. The fourth-order valence-corrected chi connectivity index (χ4v) is 3.27. The number of carbonyl (C=O) groups excluding carboxylic acids is 1. The van der Waals surface area contributed by atoms with E-state index < -0.39 is 11.5 Å². The van der Waals surface area contributed by atoms with Gasteiger partial charge in [-0.1, -0.05) is 42.3 Å². The van der Waals surface area contributed by atoms with E-state index in [4.69, 9.17) is 23.2 Å². The third-order valence-corrected chi connectivity index (χ3v) is 4.55. The third-order valence-electron chi connectivity index (χ3n) is 4.00. The van der Waals surface area contributed by atoms with E-state index in [9.17, 15) is 14.7 Å². The molecule has 0 radical (unpaired) electrons. The van der Waals surface area contributed by atoms with E-state index in [0.717, 1.165) is 0 Å². The molecule has 1 aromatic heterocycles. The van der Waals surface area contributed by atoms with Gasteiger partial charge in [0.15, 0.2) is 0 Å². The molecule has 0 spiro atoms. The summed E-state index contributed by atoms with van der Waals surface area (Å²) >= 11 is 11.9. The molecule has 0 bridgehead atoms. The number of benzene rings is 2. The lowest BCUT2D eigenvalue weighted by atomic mass is 10.1. The molecule has 1 amide bonds. The minimum absolute atomic E-state index is 0.236. The molecule has 7 heteroatoms. The van der Waals surface area contributed by atoms with E-state index >= 15 is 0 Å². The second-order valence-corrected chi connectivity index (χ2v) is 6.62. The maximum absolute atomic E-state index is 12.9. The van der Waals surface area contributed by atoms with Crippen LogP contribution >= 0.6 is 23.2 Å². The summed E-state index contributed by atoms with van der Waals surface area (Å²) in [6, 6.07) is 11.5.